The van der Waals surface area contributed by atoms with Crippen molar-refractivity contribution in [1.82, 2.24) is 10.2 Å². The lowest BCUT2D eigenvalue weighted by atomic mass is 9.97. The molecule has 0 bridgehead atoms. The van der Waals surface area contributed by atoms with Crippen molar-refractivity contribution in [2.24, 2.45) is 0 Å². The molecule has 0 radical (unpaired) electrons. The van der Waals surface area contributed by atoms with Gasteiger partial charge in [0, 0.05) is 36.2 Å². The van der Waals surface area contributed by atoms with E-state index in [1.165, 1.54) is 12.0 Å². The zero-order valence-corrected chi connectivity index (χ0v) is 13.0. The monoisotopic (exact) mass is 280 g/mol. The second-order valence-corrected chi connectivity index (χ2v) is 5.98. The third-order valence-electron chi connectivity index (χ3n) is 4.17. The van der Waals surface area contributed by atoms with Crippen LogP contribution in [-0.2, 0) is 0 Å². The zero-order chi connectivity index (χ0) is 13.8. The maximum atomic E-state index is 6.00. The Morgan fingerprint density at radius 1 is 1.32 bits per heavy atom. The average Bonchev–Trinajstić information content (AvgIpc) is 2.42. The molecule has 0 aromatic heterocycles. The van der Waals surface area contributed by atoms with Gasteiger partial charge in [-0.15, -0.1) is 0 Å². The van der Waals surface area contributed by atoms with Crippen LogP contribution in [0.3, 0.4) is 0 Å². The highest BCUT2D eigenvalue weighted by Crippen LogP contribution is 2.29. The number of hydrogen-bond acceptors (Lipinski definition) is 2. The Hall–Kier alpha value is -0.570. The standard InChI is InChI=1S/C16H25ClN2/c1-4-15-10-18-12(3)11-19(15)16(5-2)13-6-8-14(17)9-7-13/h6-9,12,15-16,18H,4-5,10-11H2,1-3H3/t12-,15+,16?/m0/s1. The molecule has 0 spiro atoms. The minimum Gasteiger partial charge on any atom is -0.311 e. The molecule has 0 aliphatic carbocycles. The van der Waals surface area contributed by atoms with E-state index >= 15 is 0 Å². The number of piperazine rings is 1. The topological polar surface area (TPSA) is 15.3 Å². The molecule has 1 aromatic rings. The Morgan fingerprint density at radius 3 is 2.58 bits per heavy atom. The lowest BCUT2D eigenvalue weighted by Crippen LogP contribution is -2.56. The molecule has 3 heteroatoms. The molecule has 1 aromatic carbocycles. The van der Waals surface area contributed by atoms with Crippen LogP contribution in [-0.4, -0.2) is 30.1 Å². The molecule has 2 nitrogen and oxygen atoms in total. The number of nitrogens with one attached hydrogen (secondary N) is 1. The molecule has 3 atom stereocenters. The predicted molar refractivity (Wildman–Crippen MR) is 82.7 cm³/mol. The average molecular weight is 281 g/mol. The summed E-state index contributed by atoms with van der Waals surface area (Å²) >= 11 is 6.00. The molecule has 1 fully saturated rings. The van der Waals surface area contributed by atoms with Gasteiger partial charge in [0.25, 0.3) is 0 Å². The van der Waals surface area contributed by atoms with Crippen LogP contribution in [0.2, 0.25) is 5.02 Å². The van der Waals surface area contributed by atoms with E-state index in [2.05, 4.69) is 43.1 Å². The van der Waals surface area contributed by atoms with Crippen molar-refractivity contribution in [3.05, 3.63) is 34.9 Å². The maximum absolute atomic E-state index is 6.00. The summed E-state index contributed by atoms with van der Waals surface area (Å²) in [6, 6.07) is 10.1. The van der Waals surface area contributed by atoms with Gasteiger partial charge in [0.15, 0.2) is 0 Å². The van der Waals surface area contributed by atoms with Gasteiger partial charge in [0.1, 0.15) is 0 Å². The second kappa shape index (κ2) is 6.74. The van der Waals surface area contributed by atoms with Gasteiger partial charge >= 0.3 is 0 Å². The first-order valence-electron chi connectivity index (χ1n) is 7.40. The van der Waals surface area contributed by atoms with E-state index in [1.54, 1.807) is 0 Å². The van der Waals surface area contributed by atoms with Crippen molar-refractivity contribution in [3.8, 4) is 0 Å². The van der Waals surface area contributed by atoms with Crippen molar-refractivity contribution in [2.45, 2.75) is 51.7 Å². The van der Waals surface area contributed by atoms with E-state index in [-0.39, 0.29) is 0 Å². The highest BCUT2D eigenvalue weighted by atomic mass is 35.5. The molecule has 106 valence electrons. The van der Waals surface area contributed by atoms with Gasteiger partial charge in [-0.1, -0.05) is 37.6 Å². The number of nitrogens with zero attached hydrogens (tertiary/aromatic N) is 1. The van der Waals surface area contributed by atoms with E-state index < -0.39 is 0 Å². The number of halogens is 1. The smallest absolute Gasteiger partial charge is 0.0406 e. The molecule has 1 saturated heterocycles. The van der Waals surface area contributed by atoms with Crippen LogP contribution in [0.5, 0.6) is 0 Å². The first kappa shape index (κ1) is 14.8. The van der Waals surface area contributed by atoms with Crippen molar-refractivity contribution in [1.29, 1.82) is 0 Å². The molecule has 1 aliphatic heterocycles. The summed E-state index contributed by atoms with van der Waals surface area (Å²) in [6.07, 6.45) is 2.34. The van der Waals surface area contributed by atoms with E-state index in [4.69, 9.17) is 11.6 Å². The fraction of sp³-hybridized carbons (Fsp3) is 0.625. The molecule has 0 amide bonds. The molecular weight excluding hydrogens is 256 g/mol. The van der Waals surface area contributed by atoms with Crippen LogP contribution in [0.4, 0.5) is 0 Å². The molecule has 1 N–H and O–H groups in total. The highest BCUT2D eigenvalue weighted by Gasteiger charge is 2.30. The summed E-state index contributed by atoms with van der Waals surface area (Å²) < 4.78 is 0. The molecule has 1 heterocycles. The van der Waals surface area contributed by atoms with Crippen LogP contribution in [0.1, 0.15) is 45.2 Å². The van der Waals surface area contributed by atoms with E-state index in [0.717, 1.165) is 24.5 Å². The molecule has 2 rings (SSSR count). The SMILES string of the molecule is CCC(c1ccc(Cl)cc1)N1C[C@H](C)NC[C@H]1CC. The Labute approximate surface area is 122 Å². The van der Waals surface area contributed by atoms with E-state index in [9.17, 15) is 0 Å². The fourth-order valence-corrected chi connectivity index (χ4v) is 3.22. The number of rotatable bonds is 4. The summed E-state index contributed by atoms with van der Waals surface area (Å²) in [7, 11) is 0. The van der Waals surface area contributed by atoms with E-state index in [1.807, 2.05) is 12.1 Å². The van der Waals surface area contributed by atoms with Gasteiger partial charge in [-0.3, -0.25) is 4.90 Å². The van der Waals surface area contributed by atoms with Crippen molar-refractivity contribution in [3.63, 3.8) is 0 Å². The third kappa shape index (κ3) is 3.50. The zero-order valence-electron chi connectivity index (χ0n) is 12.2. The van der Waals surface area contributed by atoms with Gasteiger partial charge in [-0.05, 0) is 37.5 Å². The van der Waals surface area contributed by atoms with Crippen LogP contribution >= 0.6 is 11.6 Å². The van der Waals surface area contributed by atoms with Crippen molar-refractivity contribution < 1.29 is 0 Å². The van der Waals surface area contributed by atoms with Gasteiger partial charge in [-0.25, -0.2) is 0 Å². The molecule has 1 aliphatic rings. The summed E-state index contributed by atoms with van der Waals surface area (Å²) in [6.45, 7) is 9.05. The minimum atomic E-state index is 0.506. The van der Waals surface area contributed by atoms with Crippen LogP contribution in [0.25, 0.3) is 0 Å². The largest absolute Gasteiger partial charge is 0.311 e. The highest BCUT2D eigenvalue weighted by molar-refractivity contribution is 6.30. The molecule has 0 saturated carbocycles. The first-order valence-corrected chi connectivity index (χ1v) is 7.78. The van der Waals surface area contributed by atoms with Gasteiger partial charge in [0.05, 0.1) is 0 Å². The van der Waals surface area contributed by atoms with Gasteiger partial charge in [0.2, 0.25) is 0 Å². The van der Waals surface area contributed by atoms with Crippen LogP contribution < -0.4 is 5.32 Å². The van der Waals surface area contributed by atoms with Gasteiger partial charge < -0.3 is 5.32 Å². The molecule has 1 unspecified atom stereocenters. The lowest BCUT2D eigenvalue weighted by Gasteiger charge is -2.43. The van der Waals surface area contributed by atoms with Crippen LogP contribution in [0.15, 0.2) is 24.3 Å². The summed E-state index contributed by atoms with van der Waals surface area (Å²) in [4.78, 5) is 2.67. The third-order valence-corrected chi connectivity index (χ3v) is 4.42. The number of benzene rings is 1. The summed E-state index contributed by atoms with van der Waals surface area (Å²) in [5.74, 6) is 0. The normalized spacial score (nSPS) is 26.3. The number of hydrogen-bond donors (Lipinski definition) is 1. The molecular formula is C16H25ClN2. The van der Waals surface area contributed by atoms with E-state index in [0.29, 0.717) is 18.1 Å². The summed E-state index contributed by atoms with van der Waals surface area (Å²) in [5, 5.41) is 4.41. The lowest BCUT2D eigenvalue weighted by molar-refractivity contribution is 0.0799. The van der Waals surface area contributed by atoms with Crippen LogP contribution in [0, 0.1) is 0 Å². The minimum absolute atomic E-state index is 0.506. The van der Waals surface area contributed by atoms with Crippen molar-refractivity contribution >= 4 is 11.6 Å². The maximum Gasteiger partial charge on any atom is 0.0406 e. The summed E-state index contributed by atoms with van der Waals surface area (Å²) in [5.41, 5.74) is 1.39. The molecule has 19 heavy (non-hydrogen) atoms. The Bertz CT molecular complexity index is 390. The Kier molecular flexibility index (Phi) is 5.26. The first-order chi connectivity index (χ1) is 9.15. The quantitative estimate of drug-likeness (QED) is 0.901. The predicted octanol–water partition coefficient (Wildman–Crippen LogP) is 3.86. The Morgan fingerprint density at radius 2 is 2.00 bits per heavy atom. The second-order valence-electron chi connectivity index (χ2n) is 5.54. The van der Waals surface area contributed by atoms with Crippen molar-refractivity contribution in [2.75, 3.05) is 13.1 Å². The Balaban J connectivity index is 2.21. The van der Waals surface area contributed by atoms with Gasteiger partial charge in [-0.2, -0.15) is 0 Å². The fourth-order valence-electron chi connectivity index (χ4n) is 3.09.